The Bertz CT molecular complexity index is 718. The minimum Gasteiger partial charge on any atom is -0.502 e. The van der Waals surface area contributed by atoms with E-state index in [9.17, 15) is 14.7 Å². The summed E-state index contributed by atoms with van der Waals surface area (Å²) in [5, 5.41) is 15.4. The molecule has 2 atom stereocenters. The van der Waals surface area contributed by atoms with Crippen molar-refractivity contribution in [2.75, 3.05) is 14.2 Å². The molecule has 0 spiro atoms. The maximum Gasteiger partial charge on any atom is 0.338 e. The fourth-order valence-corrected chi connectivity index (χ4v) is 2.62. The Labute approximate surface area is 152 Å². The molecule has 0 radical (unpaired) electrons. The molecule has 0 saturated heterocycles. The van der Waals surface area contributed by atoms with Crippen LogP contribution < -0.4 is 20.1 Å². The number of phenols is 1. The molecule has 8 nitrogen and oxygen atoms in total. The highest BCUT2D eigenvalue weighted by molar-refractivity contribution is 5.95. The smallest absolute Gasteiger partial charge is 0.338 e. The summed E-state index contributed by atoms with van der Waals surface area (Å²) in [6.45, 7) is 5.34. The molecule has 8 heteroatoms. The fourth-order valence-electron chi connectivity index (χ4n) is 2.62. The molecular formula is C18H24N2O6. The second-order valence-corrected chi connectivity index (χ2v) is 5.97. The van der Waals surface area contributed by atoms with Crippen LogP contribution in [0.3, 0.4) is 0 Å². The molecule has 1 aliphatic heterocycles. The number of hydrogen-bond acceptors (Lipinski definition) is 6. The topological polar surface area (TPSA) is 106 Å². The monoisotopic (exact) mass is 364 g/mol. The van der Waals surface area contributed by atoms with Crippen molar-refractivity contribution in [3.05, 3.63) is 29.0 Å². The molecule has 1 aliphatic rings. The average molecular weight is 364 g/mol. The van der Waals surface area contributed by atoms with Crippen LogP contribution in [0.25, 0.3) is 0 Å². The van der Waals surface area contributed by atoms with Gasteiger partial charge in [-0.05, 0) is 38.0 Å². The largest absolute Gasteiger partial charge is 0.502 e. The number of phenolic OH excluding ortho intramolecular Hbond substituents is 1. The van der Waals surface area contributed by atoms with E-state index in [1.165, 1.54) is 26.4 Å². The van der Waals surface area contributed by atoms with E-state index in [1.807, 2.05) is 6.92 Å². The van der Waals surface area contributed by atoms with Gasteiger partial charge in [0.1, 0.15) is 0 Å². The van der Waals surface area contributed by atoms with E-state index in [4.69, 9.17) is 14.2 Å². The van der Waals surface area contributed by atoms with Crippen molar-refractivity contribution < 1.29 is 28.9 Å². The number of esters is 1. The van der Waals surface area contributed by atoms with Crippen molar-refractivity contribution in [3.63, 3.8) is 0 Å². The predicted octanol–water partition coefficient (Wildman–Crippen LogP) is 2.38. The Hall–Kier alpha value is -2.90. The van der Waals surface area contributed by atoms with Crippen LogP contribution in [0, 0.1) is 0 Å². The van der Waals surface area contributed by atoms with Crippen molar-refractivity contribution in [2.45, 2.75) is 39.3 Å². The molecule has 1 aromatic rings. The van der Waals surface area contributed by atoms with Gasteiger partial charge in [0.15, 0.2) is 11.5 Å². The molecule has 0 fully saturated rings. The van der Waals surface area contributed by atoms with Gasteiger partial charge in [0, 0.05) is 5.70 Å². The highest BCUT2D eigenvalue weighted by Gasteiger charge is 2.34. The molecule has 0 saturated carbocycles. The third kappa shape index (κ3) is 3.84. The van der Waals surface area contributed by atoms with Gasteiger partial charge in [-0.3, -0.25) is 0 Å². The number of urea groups is 1. The molecule has 3 N–H and O–H groups in total. The molecular weight excluding hydrogens is 340 g/mol. The quantitative estimate of drug-likeness (QED) is 0.669. The summed E-state index contributed by atoms with van der Waals surface area (Å²) in [7, 11) is 2.80. The highest BCUT2D eigenvalue weighted by atomic mass is 16.5. The number of methoxy groups -OCH3 is 2. The number of aromatic hydroxyl groups is 1. The number of hydrogen-bond donors (Lipinski definition) is 3. The van der Waals surface area contributed by atoms with Crippen molar-refractivity contribution in [1.82, 2.24) is 10.6 Å². The molecule has 0 bridgehead atoms. The molecule has 2 amide bonds. The van der Waals surface area contributed by atoms with Crippen LogP contribution in [0.15, 0.2) is 23.4 Å². The number of carbonyl (C=O) groups is 2. The van der Waals surface area contributed by atoms with E-state index in [1.54, 1.807) is 13.8 Å². The Kier molecular flexibility index (Phi) is 5.97. The van der Waals surface area contributed by atoms with Crippen LogP contribution in [0.4, 0.5) is 4.79 Å². The van der Waals surface area contributed by atoms with Crippen molar-refractivity contribution >= 4 is 12.0 Å². The van der Waals surface area contributed by atoms with E-state index in [0.29, 0.717) is 17.7 Å². The van der Waals surface area contributed by atoms with Crippen LogP contribution in [0.5, 0.6) is 17.2 Å². The first-order valence-corrected chi connectivity index (χ1v) is 8.26. The van der Waals surface area contributed by atoms with Gasteiger partial charge in [-0.25, -0.2) is 9.59 Å². The molecule has 0 aromatic heterocycles. The summed E-state index contributed by atoms with van der Waals surface area (Å²) in [5.74, 6) is -0.359. The minimum atomic E-state index is -0.774. The Balaban J connectivity index is 2.52. The summed E-state index contributed by atoms with van der Waals surface area (Å²) in [6.07, 6.45) is 0.411. The highest BCUT2D eigenvalue weighted by Crippen LogP contribution is 2.40. The van der Waals surface area contributed by atoms with E-state index in [2.05, 4.69) is 10.6 Å². The zero-order valence-electron chi connectivity index (χ0n) is 15.5. The summed E-state index contributed by atoms with van der Waals surface area (Å²) in [5.41, 5.74) is 1.19. The van der Waals surface area contributed by atoms with Gasteiger partial charge in [0.2, 0.25) is 5.75 Å². The number of benzene rings is 1. The third-order valence-electron chi connectivity index (χ3n) is 4.21. The minimum absolute atomic E-state index is 0.163. The van der Waals surface area contributed by atoms with Gasteiger partial charge >= 0.3 is 12.0 Å². The number of amides is 2. The summed E-state index contributed by atoms with van der Waals surface area (Å²) in [6, 6.07) is 1.86. The van der Waals surface area contributed by atoms with Gasteiger partial charge in [0.05, 0.1) is 31.9 Å². The average Bonchev–Trinajstić information content (AvgIpc) is 2.60. The number of carbonyl (C=O) groups excluding carboxylic acids is 2. The van der Waals surface area contributed by atoms with Gasteiger partial charge in [-0.2, -0.15) is 0 Å². The van der Waals surface area contributed by atoms with E-state index < -0.39 is 18.0 Å². The number of nitrogens with one attached hydrogen (secondary N) is 2. The zero-order chi connectivity index (χ0) is 19.4. The lowest BCUT2D eigenvalue weighted by Gasteiger charge is -2.29. The molecule has 0 unspecified atom stereocenters. The summed E-state index contributed by atoms with van der Waals surface area (Å²) >= 11 is 0. The maximum atomic E-state index is 12.7. The maximum absolute atomic E-state index is 12.7. The third-order valence-corrected chi connectivity index (χ3v) is 4.21. The molecule has 26 heavy (non-hydrogen) atoms. The Morgan fingerprint density at radius 2 is 1.85 bits per heavy atom. The number of rotatable bonds is 6. The Morgan fingerprint density at radius 1 is 1.27 bits per heavy atom. The van der Waals surface area contributed by atoms with Crippen molar-refractivity contribution in [3.8, 4) is 17.2 Å². The van der Waals surface area contributed by atoms with Crippen molar-refractivity contribution in [2.24, 2.45) is 0 Å². The normalized spacial score (nSPS) is 17.9. The molecule has 1 aromatic carbocycles. The van der Waals surface area contributed by atoms with Crippen LogP contribution in [-0.2, 0) is 9.53 Å². The first-order chi connectivity index (χ1) is 12.3. The molecule has 2 rings (SSSR count). The summed E-state index contributed by atoms with van der Waals surface area (Å²) in [4.78, 5) is 24.6. The lowest BCUT2D eigenvalue weighted by Crippen LogP contribution is -2.45. The predicted molar refractivity (Wildman–Crippen MR) is 94.2 cm³/mol. The lowest BCUT2D eigenvalue weighted by molar-refractivity contribution is -0.144. The SMILES string of the molecule is CC[C@H](C)OC(=O)C1=C(C)NC(=O)N[C@H]1c1cc(OC)c(O)c(OC)c1. The number of allylic oxidation sites excluding steroid dienone is 1. The van der Waals surface area contributed by atoms with Crippen LogP contribution >= 0.6 is 0 Å². The van der Waals surface area contributed by atoms with Crippen LogP contribution in [0.1, 0.15) is 38.8 Å². The number of ether oxygens (including phenoxy) is 3. The zero-order valence-corrected chi connectivity index (χ0v) is 15.5. The second-order valence-electron chi connectivity index (χ2n) is 5.97. The van der Waals surface area contributed by atoms with Gasteiger partial charge < -0.3 is 30.0 Å². The summed E-state index contributed by atoms with van der Waals surface area (Å²) < 4.78 is 15.8. The van der Waals surface area contributed by atoms with Crippen LogP contribution in [-0.4, -0.2) is 37.4 Å². The fraction of sp³-hybridized carbons (Fsp3) is 0.444. The first kappa shape index (κ1) is 19.4. The Morgan fingerprint density at radius 3 is 2.35 bits per heavy atom. The van der Waals surface area contributed by atoms with E-state index in [-0.39, 0.29) is 28.9 Å². The first-order valence-electron chi connectivity index (χ1n) is 8.26. The molecule has 142 valence electrons. The van der Waals surface area contributed by atoms with Gasteiger partial charge in [0.25, 0.3) is 0 Å². The van der Waals surface area contributed by atoms with Gasteiger partial charge in [-0.15, -0.1) is 0 Å². The lowest BCUT2D eigenvalue weighted by atomic mass is 9.95. The van der Waals surface area contributed by atoms with E-state index in [0.717, 1.165) is 0 Å². The second kappa shape index (κ2) is 7.99. The molecule has 1 heterocycles. The molecule has 0 aliphatic carbocycles. The van der Waals surface area contributed by atoms with Crippen LogP contribution in [0.2, 0.25) is 0 Å². The van der Waals surface area contributed by atoms with E-state index >= 15 is 0 Å². The standard InChI is InChI=1S/C18H24N2O6/c1-6-9(2)26-17(22)14-10(3)19-18(23)20-15(14)11-7-12(24-4)16(21)13(8-11)25-5/h7-9,15,21H,6H2,1-5H3,(H2,19,20,23)/t9-,15-/m0/s1. The van der Waals surface area contributed by atoms with Gasteiger partial charge in [-0.1, -0.05) is 6.92 Å². The van der Waals surface area contributed by atoms with Crippen molar-refractivity contribution in [1.29, 1.82) is 0 Å².